The minimum Gasteiger partial charge on any atom is -0.233 e. The molecular weight excluding hydrogens is 185 g/mol. The van der Waals surface area contributed by atoms with Crippen molar-refractivity contribution in [2.45, 2.75) is 6.92 Å². The molecule has 0 aliphatic heterocycles. The topological polar surface area (TPSA) is 30.1 Å². The molecule has 0 aliphatic rings. The Balaban J connectivity index is 3.40. The SMILES string of the molecule is [C-]#[N+]c1c(Cl)nc(C)nc1Cl. The maximum atomic E-state index is 6.67. The first-order chi connectivity index (χ1) is 5.15. The number of hydrogen-bond acceptors (Lipinski definition) is 2. The van der Waals surface area contributed by atoms with Gasteiger partial charge in [0.25, 0.3) is 5.69 Å². The zero-order chi connectivity index (χ0) is 8.43. The van der Waals surface area contributed by atoms with Crippen LogP contribution in [0.1, 0.15) is 5.82 Å². The van der Waals surface area contributed by atoms with E-state index >= 15 is 0 Å². The lowest BCUT2D eigenvalue weighted by Crippen LogP contribution is -1.87. The van der Waals surface area contributed by atoms with E-state index in [1.807, 2.05) is 0 Å². The number of aromatic nitrogens is 2. The van der Waals surface area contributed by atoms with Gasteiger partial charge in [-0.25, -0.2) is 14.8 Å². The summed E-state index contributed by atoms with van der Waals surface area (Å²) in [6, 6.07) is 0. The van der Waals surface area contributed by atoms with E-state index in [1.165, 1.54) is 0 Å². The lowest BCUT2D eigenvalue weighted by molar-refractivity contribution is 1.06. The Labute approximate surface area is 73.8 Å². The van der Waals surface area contributed by atoms with Gasteiger partial charge in [-0.3, -0.25) is 0 Å². The summed E-state index contributed by atoms with van der Waals surface area (Å²) in [6.45, 7) is 8.33. The monoisotopic (exact) mass is 187 g/mol. The largest absolute Gasteiger partial charge is 0.260 e. The first-order valence-electron chi connectivity index (χ1n) is 2.72. The molecule has 0 aromatic carbocycles. The highest BCUT2D eigenvalue weighted by Gasteiger charge is 2.08. The van der Waals surface area contributed by atoms with E-state index in [1.54, 1.807) is 6.92 Å². The van der Waals surface area contributed by atoms with E-state index < -0.39 is 0 Å². The van der Waals surface area contributed by atoms with Crippen molar-refractivity contribution in [3.63, 3.8) is 0 Å². The number of halogens is 2. The predicted octanol–water partition coefficient (Wildman–Crippen LogP) is 2.64. The molecule has 1 heterocycles. The zero-order valence-corrected chi connectivity index (χ0v) is 7.11. The number of aryl methyl sites for hydroxylation is 1. The van der Waals surface area contributed by atoms with E-state index in [0.717, 1.165) is 0 Å². The summed E-state index contributed by atoms with van der Waals surface area (Å²) in [6.07, 6.45) is 0. The van der Waals surface area contributed by atoms with Crippen LogP contribution in [-0.4, -0.2) is 9.97 Å². The Morgan fingerprint density at radius 2 is 1.73 bits per heavy atom. The molecule has 1 rings (SSSR count). The molecule has 11 heavy (non-hydrogen) atoms. The van der Waals surface area contributed by atoms with E-state index in [-0.39, 0.29) is 16.0 Å². The molecule has 3 nitrogen and oxygen atoms in total. The van der Waals surface area contributed by atoms with Crippen LogP contribution in [-0.2, 0) is 0 Å². The van der Waals surface area contributed by atoms with Gasteiger partial charge >= 0.3 is 0 Å². The Morgan fingerprint density at radius 1 is 1.27 bits per heavy atom. The Morgan fingerprint density at radius 3 is 2.09 bits per heavy atom. The molecule has 0 bridgehead atoms. The number of rotatable bonds is 0. The van der Waals surface area contributed by atoms with Crippen molar-refractivity contribution in [1.29, 1.82) is 0 Å². The van der Waals surface area contributed by atoms with Gasteiger partial charge in [-0.1, -0.05) is 23.2 Å². The molecule has 0 saturated heterocycles. The fraction of sp³-hybridized carbons (Fsp3) is 0.167. The second-order valence-electron chi connectivity index (χ2n) is 1.81. The first-order valence-corrected chi connectivity index (χ1v) is 3.48. The van der Waals surface area contributed by atoms with Crippen LogP contribution >= 0.6 is 23.2 Å². The molecule has 1 aromatic rings. The molecule has 0 spiro atoms. The van der Waals surface area contributed by atoms with Crippen LogP contribution < -0.4 is 0 Å². The summed E-state index contributed by atoms with van der Waals surface area (Å²) in [7, 11) is 0. The normalized spacial score (nSPS) is 9.27. The highest BCUT2D eigenvalue weighted by atomic mass is 35.5. The average Bonchev–Trinajstić information content (AvgIpc) is 1.85. The maximum Gasteiger partial charge on any atom is 0.260 e. The molecule has 5 heteroatoms. The van der Waals surface area contributed by atoms with Crippen molar-refractivity contribution in [3.05, 3.63) is 27.5 Å². The maximum absolute atomic E-state index is 6.67. The lowest BCUT2D eigenvalue weighted by atomic mass is 10.5. The molecule has 0 unspecified atom stereocenters. The number of hydrogen-bond donors (Lipinski definition) is 0. The van der Waals surface area contributed by atoms with Gasteiger partial charge in [-0.2, -0.15) is 0 Å². The summed E-state index contributed by atoms with van der Waals surface area (Å²) < 4.78 is 0. The molecule has 0 N–H and O–H groups in total. The molecular formula is C6H3Cl2N3. The number of nitrogens with zero attached hydrogens (tertiary/aromatic N) is 3. The standard InChI is InChI=1S/C6H3Cl2N3/c1-3-10-5(7)4(9-2)6(8)11-3/h1H3. The van der Waals surface area contributed by atoms with E-state index in [4.69, 9.17) is 29.8 Å². The molecule has 1 aromatic heterocycles. The fourth-order valence-corrected chi connectivity index (χ4v) is 1.15. The second-order valence-corrected chi connectivity index (χ2v) is 2.53. The summed E-state index contributed by atoms with van der Waals surface area (Å²) in [5.74, 6) is 0.465. The zero-order valence-electron chi connectivity index (χ0n) is 5.60. The van der Waals surface area contributed by atoms with Crippen LogP contribution in [0.4, 0.5) is 5.69 Å². The summed E-state index contributed by atoms with van der Waals surface area (Å²) >= 11 is 11.2. The van der Waals surface area contributed by atoms with Crippen molar-refractivity contribution in [2.24, 2.45) is 0 Å². The van der Waals surface area contributed by atoms with Crippen LogP contribution in [0.3, 0.4) is 0 Å². The van der Waals surface area contributed by atoms with Crippen LogP contribution in [0.5, 0.6) is 0 Å². The van der Waals surface area contributed by atoms with Gasteiger partial charge in [0, 0.05) is 0 Å². The lowest BCUT2D eigenvalue weighted by Gasteiger charge is -1.97. The fourth-order valence-electron chi connectivity index (χ4n) is 0.592. The molecule has 0 amide bonds. The van der Waals surface area contributed by atoms with Gasteiger partial charge < -0.3 is 0 Å². The third-order valence-corrected chi connectivity index (χ3v) is 1.55. The van der Waals surface area contributed by atoms with Gasteiger partial charge in [0.15, 0.2) is 0 Å². The molecule has 56 valence electrons. The van der Waals surface area contributed by atoms with Crippen molar-refractivity contribution in [3.8, 4) is 0 Å². The Hall–Kier alpha value is -0.850. The van der Waals surface area contributed by atoms with Gasteiger partial charge in [0.05, 0.1) is 6.57 Å². The minimum atomic E-state index is 0.109. The van der Waals surface area contributed by atoms with Crippen molar-refractivity contribution >= 4 is 28.9 Å². The van der Waals surface area contributed by atoms with Crippen LogP contribution in [0.2, 0.25) is 10.3 Å². The van der Waals surface area contributed by atoms with Crippen LogP contribution in [0.25, 0.3) is 4.85 Å². The molecule has 0 atom stereocenters. The Bertz CT molecular complexity index is 306. The van der Waals surface area contributed by atoms with Crippen LogP contribution in [0, 0.1) is 13.5 Å². The third-order valence-electron chi connectivity index (χ3n) is 1.02. The third kappa shape index (κ3) is 1.59. The second kappa shape index (κ2) is 3.04. The highest BCUT2D eigenvalue weighted by Crippen LogP contribution is 2.29. The van der Waals surface area contributed by atoms with Gasteiger partial charge in [-0.15, -0.1) is 0 Å². The van der Waals surface area contributed by atoms with Gasteiger partial charge in [-0.05, 0) is 6.92 Å². The summed E-state index contributed by atoms with van der Waals surface area (Å²) in [4.78, 5) is 10.6. The molecule has 0 saturated carbocycles. The summed E-state index contributed by atoms with van der Waals surface area (Å²) in [5.41, 5.74) is 0.110. The van der Waals surface area contributed by atoms with Crippen molar-refractivity contribution in [1.82, 2.24) is 9.97 Å². The summed E-state index contributed by atoms with van der Waals surface area (Å²) in [5, 5.41) is 0.218. The van der Waals surface area contributed by atoms with E-state index in [0.29, 0.717) is 5.82 Å². The van der Waals surface area contributed by atoms with Crippen molar-refractivity contribution in [2.75, 3.05) is 0 Å². The smallest absolute Gasteiger partial charge is 0.233 e. The minimum absolute atomic E-state index is 0.109. The Kier molecular flexibility index (Phi) is 2.28. The molecule has 0 fully saturated rings. The van der Waals surface area contributed by atoms with Crippen molar-refractivity contribution < 1.29 is 0 Å². The van der Waals surface area contributed by atoms with Gasteiger partial charge in [0.1, 0.15) is 16.1 Å². The highest BCUT2D eigenvalue weighted by molar-refractivity contribution is 6.37. The quantitative estimate of drug-likeness (QED) is 0.462. The van der Waals surface area contributed by atoms with Crippen LogP contribution in [0.15, 0.2) is 0 Å². The predicted molar refractivity (Wildman–Crippen MR) is 43.1 cm³/mol. The van der Waals surface area contributed by atoms with Gasteiger partial charge in [0.2, 0.25) is 0 Å². The first kappa shape index (κ1) is 8.25. The van der Waals surface area contributed by atoms with E-state index in [9.17, 15) is 0 Å². The van der Waals surface area contributed by atoms with E-state index in [2.05, 4.69) is 14.8 Å². The molecule has 0 radical (unpaired) electrons. The average molecular weight is 188 g/mol. The molecule has 0 aliphatic carbocycles.